The number of benzene rings is 1. The van der Waals surface area contributed by atoms with Crippen LogP contribution < -0.4 is 16.8 Å². The van der Waals surface area contributed by atoms with E-state index in [1.165, 1.54) is 0 Å². The van der Waals surface area contributed by atoms with Crippen molar-refractivity contribution < 1.29 is 14.7 Å². The topological polar surface area (TPSA) is 118 Å². The van der Waals surface area contributed by atoms with Crippen molar-refractivity contribution in [1.82, 2.24) is 5.32 Å². The van der Waals surface area contributed by atoms with Gasteiger partial charge in [0.15, 0.2) is 0 Å². The molecule has 92 valence electrons. The largest absolute Gasteiger partial charge is 0.399 e. The lowest BCUT2D eigenvalue weighted by Gasteiger charge is -2.10. The third kappa shape index (κ3) is 3.46. The molecule has 6 nitrogen and oxygen atoms in total. The van der Waals surface area contributed by atoms with E-state index in [4.69, 9.17) is 16.6 Å². The number of amides is 2. The number of carbonyl (C=O) groups is 2. The molecule has 1 rings (SSSR count). The smallest absolute Gasteiger partial charge is 0.251 e. The summed E-state index contributed by atoms with van der Waals surface area (Å²) in [4.78, 5) is 22.3. The van der Waals surface area contributed by atoms with Crippen LogP contribution in [0.25, 0.3) is 0 Å². The van der Waals surface area contributed by atoms with E-state index in [-0.39, 0.29) is 12.5 Å². The lowest BCUT2D eigenvalue weighted by molar-refractivity contribution is -0.125. The number of nitrogens with two attached hydrogens (primary N) is 2. The number of nitrogen functional groups attached to an aromatic ring is 1. The molecule has 2 amide bonds. The molecule has 0 radical (unpaired) electrons. The number of hydrogen-bond acceptors (Lipinski definition) is 4. The maximum atomic E-state index is 11.7. The molecule has 0 aromatic heterocycles. The van der Waals surface area contributed by atoms with Crippen molar-refractivity contribution in [3.63, 3.8) is 0 Å². The fraction of sp³-hybridized carbons (Fsp3) is 0.273. The number of nitrogens with one attached hydrogen (secondary N) is 1. The van der Waals surface area contributed by atoms with Crippen LogP contribution in [-0.4, -0.2) is 29.6 Å². The van der Waals surface area contributed by atoms with Crippen LogP contribution in [0.1, 0.15) is 15.9 Å². The van der Waals surface area contributed by atoms with Gasteiger partial charge in [0.25, 0.3) is 5.91 Å². The molecule has 0 bridgehead atoms. The number of primary amides is 1. The van der Waals surface area contributed by atoms with Crippen LogP contribution >= 0.6 is 0 Å². The van der Waals surface area contributed by atoms with E-state index < -0.39 is 12.0 Å². The first kappa shape index (κ1) is 13.0. The second-order valence-corrected chi connectivity index (χ2v) is 3.70. The Balaban J connectivity index is 2.67. The molecule has 0 fully saturated rings. The molecule has 0 aliphatic rings. The van der Waals surface area contributed by atoms with Crippen LogP contribution in [0, 0.1) is 6.92 Å². The molecular formula is C11H15N3O3. The minimum Gasteiger partial charge on any atom is -0.399 e. The lowest BCUT2D eigenvalue weighted by atomic mass is 10.1. The van der Waals surface area contributed by atoms with Gasteiger partial charge < -0.3 is 21.9 Å². The van der Waals surface area contributed by atoms with E-state index in [9.17, 15) is 9.59 Å². The molecular weight excluding hydrogens is 222 g/mol. The Hall–Kier alpha value is -2.08. The third-order valence-electron chi connectivity index (χ3n) is 2.28. The minimum absolute atomic E-state index is 0.210. The van der Waals surface area contributed by atoms with Crippen molar-refractivity contribution in [2.75, 3.05) is 12.3 Å². The minimum atomic E-state index is -1.38. The van der Waals surface area contributed by atoms with E-state index in [1.54, 1.807) is 25.1 Å². The molecule has 1 aromatic carbocycles. The molecule has 1 unspecified atom stereocenters. The Morgan fingerprint density at radius 2 is 2.12 bits per heavy atom. The van der Waals surface area contributed by atoms with Gasteiger partial charge >= 0.3 is 0 Å². The molecule has 6 N–H and O–H groups in total. The van der Waals surface area contributed by atoms with Crippen molar-refractivity contribution in [2.45, 2.75) is 13.0 Å². The zero-order valence-electron chi connectivity index (χ0n) is 9.43. The number of anilines is 1. The van der Waals surface area contributed by atoms with Crippen LogP contribution in [0.4, 0.5) is 5.69 Å². The first-order valence-corrected chi connectivity index (χ1v) is 5.03. The van der Waals surface area contributed by atoms with Gasteiger partial charge in [0.05, 0.1) is 6.54 Å². The van der Waals surface area contributed by atoms with Gasteiger partial charge in [0.1, 0.15) is 6.10 Å². The third-order valence-corrected chi connectivity index (χ3v) is 2.28. The molecule has 6 heteroatoms. The van der Waals surface area contributed by atoms with E-state index in [2.05, 4.69) is 5.32 Å². The number of aliphatic hydroxyl groups excluding tert-OH is 1. The SMILES string of the molecule is Cc1cc(N)ccc1C(=O)NCC(O)C(N)=O. The van der Waals surface area contributed by atoms with Crippen LogP contribution in [0.5, 0.6) is 0 Å². The fourth-order valence-electron chi connectivity index (χ4n) is 1.33. The van der Waals surface area contributed by atoms with E-state index in [1.807, 2.05) is 0 Å². The van der Waals surface area contributed by atoms with Crippen molar-refractivity contribution in [3.8, 4) is 0 Å². The van der Waals surface area contributed by atoms with Gasteiger partial charge in [-0.05, 0) is 30.7 Å². The van der Waals surface area contributed by atoms with Crippen LogP contribution in [0.15, 0.2) is 18.2 Å². The number of rotatable bonds is 4. The molecule has 1 atom stereocenters. The Kier molecular flexibility index (Phi) is 4.06. The summed E-state index contributed by atoms with van der Waals surface area (Å²) in [5.41, 5.74) is 12.1. The Bertz CT molecular complexity index is 446. The van der Waals surface area contributed by atoms with Gasteiger partial charge in [0.2, 0.25) is 5.91 Å². The number of aryl methyl sites for hydroxylation is 1. The van der Waals surface area contributed by atoms with Gasteiger partial charge in [-0.1, -0.05) is 0 Å². The summed E-state index contributed by atoms with van der Waals surface area (Å²) < 4.78 is 0. The monoisotopic (exact) mass is 237 g/mol. The second kappa shape index (κ2) is 5.31. The predicted octanol–water partition coefficient (Wildman–Crippen LogP) is -0.847. The van der Waals surface area contributed by atoms with Crippen molar-refractivity contribution in [3.05, 3.63) is 29.3 Å². The normalized spacial score (nSPS) is 11.9. The Morgan fingerprint density at radius 1 is 1.47 bits per heavy atom. The summed E-state index contributed by atoms with van der Waals surface area (Å²) in [5.74, 6) is -1.26. The zero-order valence-corrected chi connectivity index (χ0v) is 9.43. The van der Waals surface area contributed by atoms with E-state index in [0.717, 1.165) is 5.56 Å². The summed E-state index contributed by atoms with van der Waals surface area (Å²) in [7, 11) is 0. The number of carbonyl (C=O) groups excluding carboxylic acids is 2. The average molecular weight is 237 g/mol. The summed E-state index contributed by atoms with van der Waals surface area (Å²) in [6.45, 7) is 1.54. The maximum absolute atomic E-state index is 11.7. The van der Waals surface area contributed by atoms with E-state index >= 15 is 0 Å². The van der Waals surface area contributed by atoms with Gasteiger partial charge in [0, 0.05) is 11.3 Å². The molecule has 0 saturated heterocycles. The van der Waals surface area contributed by atoms with Crippen molar-refractivity contribution >= 4 is 17.5 Å². The molecule has 0 aliphatic heterocycles. The van der Waals surface area contributed by atoms with Gasteiger partial charge in [-0.2, -0.15) is 0 Å². The standard InChI is InChI=1S/C11H15N3O3/c1-6-4-7(12)2-3-8(6)11(17)14-5-9(15)10(13)16/h2-4,9,15H,5,12H2,1H3,(H2,13,16)(H,14,17). The highest BCUT2D eigenvalue weighted by atomic mass is 16.3. The summed E-state index contributed by atoms with van der Waals surface area (Å²) in [6, 6.07) is 4.85. The highest BCUT2D eigenvalue weighted by molar-refractivity contribution is 5.96. The quantitative estimate of drug-likeness (QED) is 0.510. The molecule has 0 saturated carbocycles. The molecule has 0 spiro atoms. The Labute approximate surface area is 98.6 Å². The van der Waals surface area contributed by atoms with Crippen molar-refractivity contribution in [1.29, 1.82) is 0 Å². The molecule has 1 aromatic rings. The average Bonchev–Trinajstić information content (AvgIpc) is 2.25. The highest BCUT2D eigenvalue weighted by Gasteiger charge is 2.14. The van der Waals surface area contributed by atoms with Crippen LogP contribution in [0.3, 0.4) is 0 Å². The summed E-state index contributed by atoms with van der Waals surface area (Å²) in [5, 5.41) is 11.5. The molecule has 17 heavy (non-hydrogen) atoms. The van der Waals surface area contributed by atoms with Crippen LogP contribution in [0.2, 0.25) is 0 Å². The summed E-state index contributed by atoms with van der Waals surface area (Å²) in [6.07, 6.45) is -1.38. The van der Waals surface area contributed by atoms with E-state index in [0.29, 0.717) is 11.3 Å². The molecule has 0 heterocycles. The maximum Gasteiger partial charge on any atom is 0.251 e. The fourth-order valence-corrected chi connectivity index (χ4v) is 1.33. The first-order chi connectivity index (χ1) is 7.91. The zero-order chi connectivity index (χ0) is 13.0. The highest BCUT2D eigenvalue weighted by Crippen LogP contribution is 2.12. The van der Waals surface area contributed by atoms with Gasteiger partial charge in [-0.25, -0.2) is 0 Å². The Morgan fingerprint density at radius 3 is 2.65 bits per heavy atom. The first-order valence-electron chi connectivity index (χ1n) is 5.03. The predicted molar refractivity (Wildman–Crippen MR) is 63.1 cm³/mol. The van der Waals surface area contributed by atoms with Gasteiger partial charge in [-0.3, -0.25) is 9.59 Å². The second-order valence-electron chi connectivity index (χ2n) is 3.70. The lowest BCUT2D eigenvalue weighted by Crippen LogP contribution is -2.40. The number of aliphatic hydroxyl groups is 1. The van der Waals surface area contributed by atoms with Crippen LogP contribution in [-0.2, 0) is 4.79 Å². The summed E-state index contributed by atoms with van der Waals surface area (Å²) >= 11 is 0. The van der Waals surface area contributed by atoms with Crippen molar-refractivity contribution in [2.24, 2.45) is 5.73 Å². The van der Waals surface area contributed by atoms with Gasteiger partial charge in [-0.15, -0.1) is 0 Å². The molecule has 0 aliphatic carbocycles. The number of hydrogen-bond donors (Lipinski definition) is 4.